The molecule has 0 aromatic heterocycles. The van der Waals surface area contributed by atoms with Crippen LogP contribution in [0.1, 0.15) is 143 Å². The standard InChI is InChI=1S/C31H56O2/c1-8-11-14-15-16-17-18-19-20-23-26-31(29(6)32-27(4)24-21-12-9-2)30(7)33-28(5)25-22-13-10-3/h31H,4-26H2,1-3H3. The summed E-state index contributed by atoms with van der Waals surface area (Å²) in [5.74, 6) is 3.04. The molecule has 2 heteroatoms. The molecule has 192 valence electrons. The van der Waals surface area contributed by atoms with Crippen LogP contribution in [0.15, 0.2) is 49.4 Å². The first kappa shape index (κ1) is 31.6. The van der Waals surface area contributed by atoms with E-state index in [1.54, 1.807) is 0 Å². The van der Waals surface area contributed by atoms with Crippen LogP contribution in [0.4, 0.5) is 0 Å². The fourth-order valence-corrected chi connectivity index (χ4v) is 4.10. The molecule has 0 bridgehead atoms. The van der Waals surface area contributed by atoms with Gasteiger partial charge in [-0.05, 0) is 19.3 Å². The zero-order valence-corrected chi connectivity index (χ0v) is 22.7. The van der Waals surface area contributed by atoms with Crippen LogP contribution < -0.4 is 0 Å². The van der Waals surface area contributed by atoms with Gasteiger partial charge in [-0.2, -0.15) is 0 Å². The Morgan fingerprint density at radius 3 is 1.21 bits per heavy atom. The molecule has 0 saturated heterocycles. The predicted molar refractivity (Wildman–Crippen MR) is 147 cm³/mol. The zero-order valence-electron chi connectivity index (χ0n) is 22.7. The van der Waals surface area contributed by atoms with E-state index in [1.807, 2.05) is 0 Å². The summed E-state index contributed by atoms with van der Waals surface area (Å²) in [7, 11) is 0. The summed E-state index contributed by atoms with van der Waals surface area (Å²) in [5, 5.41) is 0. The van der Waals surface area contributed by atoms with Crippen molar-refractivity contribution in [2.45, 2.75) is 143 Å². The van der Waals surface area contributed by atoms with Gasteiger partial charge in [0.2, 0.25) is 0 Å². The second-order valence-electron chi connectivity index (χ2n) is 9.65. The highest BCUT2D eigenvalue weighted by Gasteiger charge is 2.21. The van der Waals surface area contributed by atoms with Gasteiger partial charge < -0.3 is 9.47 Å². The first-order valence-electron chi connectivity index (χ1n) is 14.0. The van der Waals surface area contributed by atoms with E-state index in [1.165, 1.54) is 83.5 Å². The fraction of sp³-hybridized carbons (Fsp3) is 0.742. The van der Waals surface area contributed by atoms with Gasteiger partial charge in [-0.1, -0.05) is 137 Å². The lowest BCUT2D eigenvalue weighted by Crippen LogP contribution is -2.12. The van der Waals surface area contributed by atoms with Crippen molar-refractivity contribution in [3.63, 3.8) is 0 Å². The van der Waals surface area contributed by atoms with E-state index in [0.29, 0.717) is 0 Å². The maximum Gasteiger partial charge on any atom is 0.107 e. The Kier molecular flexibility index (Phi) is 21.4. The van der Waals surface area contributed by atoms with E-state index in [4.69, 9.17) is 9.47 Å². The maximum absolute atomic E-state index is 6.04. The van der Waals surface area contributed by atoms with Gasteiger partial charge in [0.15, 0.2) is 0 Å². The van der Waals surface area contributed by atoms with Crippen molar-refractivity contribution in [2.24, 2.45) is 5.92 Å². The summed E-state index contributed by atoms with van der Waals surface area (Å²) >= 11 is 0. The third-order valence-corrected chi connectivity index (χ3v) is 6.29. The fourth-order valence-electron chi connectivity index (χ4n) is 4.10. The van der Waals surface area contributed by atoms with Gasteiger partial charge in [0, 0.05) is 12.8 Å². The van der Waals surface area contributed by atoms with Gasteiger partial charge in [0.25, 0.3) is 0 Å². The molecular weight excluding hydrogens is 404 g/mol. The van der Waals surface area contributed by atoms with Crippen molar-refractivity contribution in [3.05, 3.63) is 49.4 Å². The van der Waals surface area contributed by atoms with Crippen molar-refractivity contribution in [1.29, 1.82) is 0 Å². The summed E-state index contributed by atoms with van der Waals surface area (Å²) in [5.41, 5.74) is 0. The number of rotatable bonds is 25. The molecule has 0 spiro atoms. The van der Waals surface area contributed by atoms with Crippen molar-refractivity contribution in [1.82, 2.24) is 0 Å². The molecule has 0 rings (SSSR count). The second-order valence-corrected chi connectivity index (χ2v) is 9.65. The molecule has 2 nitrogen and oxygen atoms in total. The lowest BCUT2D eigenvalue weighted by molar-refractivity contribution is 0.193. The number of allylic oxidation sites excluding steroid dienone is 2. The average Bonchev–Trinajstić information content (AvgIpc) is 2.77. The molecule has 33 heavy (non-hydrogen) atoms. The van der Waals surface area contributed by atoms with Gasteiger partial charge in [0.05, 0.1) is 17.4 Å². The van der Waals surface area contributed by atoms with Gasteiger partial charge in [0.1, 0.15) is 11.5 Å². The van der Waals surface area contributed by atoms with Crippen molar-refractivity contribution < 1.29 is 9.47 Å². The van der Waals surface area contributed by atoms with Gasteiger partial charge in [-0.3, -0.25) is 0 Å². The minimum Gasteiger partial charge on any atom is -0.467 e. The van der Waals surface area contributed by atoms with Gasteiger partial charge in [-0.15, -0.1) is 0 Å². The zero-order chi connectivity index (χ0) is 24.7. The molecule has 0 heterocycles. The van der Waals surface area contributed by atoms with Crippen LogP contribution in [-0.2, 0) is 9.47 Å². The average molecular weight is 461 g/mol. The molecule has 0 aromatic rings. The topological polar surface area (TPSA) is 18.5 Å². The lowest BCUT2D eigenvalue weighted by atomic mass is 9.96. The number of ether oxygens (including phenoxy) is 2. The van der Waals surface area contributed by atoms with Crippen LogP contribution in [0.2, 0.25) is 0 Å². The van der Waals surface area contributed by atoms with E-state index in [9.17, 15) is 0 Å². The minimum absolute atomic E-state index is 0.00936. The van der Waals surface area contributed by atoms with Gasteiger partial charge >= 0.3 is 0 Å². The van der Waals surface area contributed by atoms with Crippen molar-refractivity contribution in [2.75, 3.05) is 0 Å². The SMILES string of the molecule is C=C(CCCCC)OC(=C)C(CCCCCCCCCCCC)C(=C)OC(=C)CCCCC. The minimum atomic E-state index is -0.00936. The number of unbranched alkanes of at least 4 members (excludes halogenated alkanes) is 13. The smallest absolute Gasteiger partial charge is 0.107 e. The Bertz CT molecular complexity index is 495. The molecular formula is C31H56O2. The third kappa shape index (κ3) is 18.6. The largest absolute Gasteiger partial charge is 0.467 e. The van der Waals surface area contributed by atoms with Crippen LogP contribution in [0.3, 0.4) is 0 Å². The molecule has 0 radical (unpaired) electrons. The van der Waals surface area contributed by atoms with Crippen LogP contribution in [0.25, 0.3) is 0 Å². The molecule has 0 saturated carbocycles. The highest BCUT2D eigenvalue weighted by atomic mass is 16.5. The molecule has 0 aliphatic heterocycles. The van der Waals surface area contributed by atoms with Crippen LogP contribution >= 0.6 is 0 Å². The van der Waals surface area contributed by atoms with Crippen molar-refractivity contribution >= 4 is 0 Å². The molecule has 0 aliphatic carbocycles. The van der Waals surface area contributed by atoms with E-state index in [0.717, 1.165) is 61.6 Å². The molecule has 0 atom stereocenters. The highest BCUT2D eigenvalue weighted by Crippen LogP contribution is 2.30. The van der Waals surface area contributed by atoms with E-state index >= 15 is 0 Å². The molecule has 0 unspecified atom stereocenters. The maximum atomic E-state index is 6.04. The lowest BCUT2D eigenvalue weighted by Gasteiger charge is -2.24. The normalized spacial score (nSPS) is 10.9. The molecule has 0 fully saturated rings. The summed E-state index contributed by atoms with van der Waals surface area (Å²) in [6.07, 6.45) is 23.0. The third-order valence-electron chi connectivity index (χ3n) is 6.29. The molecule has 0 aliphatic rings. The van der Waals surface area contributed by atoms with E-state index in [2.05, 4.69) is 47.1 Å². The Hall–Kier alpha value is -1.44. The Balaban J connectivity index is 4.52. The Morgan fingerprint density at radius 1 is 0.485 bits per heavy atom. The van der Waals surface area contributed by atoms with Crippen molar-refractivity contribution in [3.8, 4) is 0 Å². The Labute approximate surface area is 207 Å². The van der Waals surface area contributed by atoms with E-state index in [-0.39, 0.29) is 5.92 Å². The molecule has 0 amide bonds. The monoisotopic (exact) mass is 460 g/mol. The molecule has 0 aromatic carbocycles. The molecule has 0 N–H and O–H groups in total. The highest BCUT2D eigenvalue weighted by molar-refractivity contribution is 5.11. The predicted octanol–water partition coefficient (Wildman–Crippen LogP) is 11.2. The van der Waals surface area contributed by atoms with Gasteiger partial charge in [-0.25, -0.2) is 0 Å². The van der Waals surface area contributed by atoms with Crippen LogP contribution in [0, 0.1) is 5.92 Å². The summed E-state index contributed by atoms with van der Waals surface area (Å²) in [6, 6.07) is 0. The summed E-state index contributed by atoms with van der Waals surface area (Å²) in [6.45, 7) is 23.4. The van der Waals surface area contributed by atoms with E-state index < -0.39 is 0 Å². The quantitative estimate of drug-likeness (QED) is 0.0995. The number of hydrogen-bond donors (Lipinski definition) is 0. The Morgan fingerprint density at radius 2 is 0.818 bits per heavy atom. The summed E-state index contributed by atoms with van der Waals surface area (Å²) in [4.78, 5) is 0. The number of hydrogen-bond acceptors (Lipinski definition) is 2. The first-order chi connectivity index (χ1) is 16.0. The van der Waals surface area contributed by atoms with Crippen LogP contribution in [0.5, 0.6) is 0 Å². The first-order valence-corrected chi connectivity index (χ1v) is 14.0. The van der Waals surface area contributed by atoms with Crippen LogP contribution in [-0.4, -0.2) is 0 Å². The summed E-state index contributed by atoms with van der Waals surface area (Å²) < 4.78 is 12.1. The second kappa shape index (κ2) is 22.4.